The molecule has 0 saturated carbocycles. The number of rotatable bonds is 7. The van der Waals surface area contributed by atoms with Gasteiger partial charge in [0.25, 0.3) is 11.8 Å². The minimum absolute atomic E-state index is 0.107. The number of anilines is 2. The Morgan fingerprint density at radius 3 is 2.03 bits per heavy atom. The highest BCUT2D eigenvalue weighted by Crippen LogP contribution is 2.20. The largest absolute Gasteiger partial charge is 0.369 e. The first kappa shape index (κ1) is 20.9. The fraction of sp³-hybridized carbons (Fsp3) is 0.391. The SMILES string of the molecule is CCCCNC(=O)c1ccc(C(=O)Nc2ccc(N3CCN(C)CC3)cc2)cc1. The first-order valence-corrected chi connectivity index (χ1v) is 10.3. The van der Waals surface area contributed by atoms with Gasteiger partial charge in [-0.2, -0.15) is 0 Å². The maximum Gasteiger partial charge on any atom is 0.255 e. The Bertz CT molecular complexity index is 810. The summed E-state index contributed by atoms with van der Waals surface area (Å²) in [7, 11) is 2.14. The van der Waals surface area contributed by atoms with Gasteiger partial charge in [-0.25, -0.2) is 0 Å². The number of hydrogen-bond donors (Lipinski definition) is 2. The molecular formula is C23H30N4O2. The monoisotopic (exact) mass is 394 g/mol. The molecule has 2 N–H and O–H groups in total. The van der Waals surface area contributed by atoms with Gasteiger partial charge in [0.1, 0.15) is 0 Å². The van der Waals surface area contributed by atoms with Crippen LogP contribution in [0.3, 0.4) is 0 Å². The second kappa shape index (κ2) is 10.1. The molecule has 0 spiro atoms. The maximum absolute atomic E-state index is 12.5. The lowest BCUT2D eigenvalue weighted by molar-refractivity contribution is 0.0951. The molecule has 0 bridgehead atoms. The van der Waals surface area contributed by atoms with Crippen LogP contribution in [0, 0.1) is 0 Å². The lowest BCUT2D eigenvalue weighted by Crippen LogP contribution is -2.44. The van der Waals surface area contributed by atoms with Crippen LogP contribution >= 0.6 is 0 Å². The molecule has 1 heterocycles. The zero-order valence-electron chi connectivity index (χ0n) is 17.3. The van der Waals surface area contributed by atoms with Crippen molar-refractivity contribution in [1.82, 2.24) is 10.2 Å². The van der Waals surface area contributed by atoms with Gasteiger partial charge in [0, 0.05) is 55.2 Å². The third kappa shape index (κ3) is 5.81. The van der Waals surface area contributed by atoms with Gasteiger partial charge in [-0.1, -0.05) is 13.3 Å². The smallest absolute Gasteiger partial charge is 0.255 e. The molecule has 2 aromatic rings. The Kier molecular flexibility index (Phi) is 7.25. The van der Waals surface area contributed by atoms with Crippen molar-refractivity contribution < 1.29 is 9.59 Å². The van der Waals surface area contributed by atoms with Crippen LogP contribution in [0.25, 0.3) is 0 Å². The molecule has 0 aromatic heterocycles. The molecule has 1 saturated heterocycles. The lowest BCUT2D eigenvalue weighted by Gasteiger charge is -2.34. The predicted octanol–water partition coefficient (Wildman–Crippen LogP) is 3.22. The average molecular weight is 395 g/mol. The van der Waals surface area contributed by atoms with Crippen LogP contribution in [0.4, 0.5) is 11.4 Å². The summed E-state index contributed by atoms with van der Waals surface area (Å²) in [6.45, 7) is 6.90. The molecule has 2 amide bonds. The van der Waals surface area contributed by atoms with Crippen molar-refractivity contribution in [2.75, 3.05) is 50.0 Å². The van der Waals surface area contributed by atoms with Gasteiger partial charge >= 0.3 is 0 Å². The van der Waals surface area contributed by atoms with Crippen molar-refractivity contribution in [3.05, 3.63) is 59.7 Å². The first-order valence-electron chi connectivity index (χ1n) is 10.3. The molecule has 6 nitrogen and oxygen atoms in total. The molecule has 0 unspecified atom stereocenters. The summed E-state index contributed by atoms with van der Waals surface area (Å²) in [5.74, 6) is -0.291. The highest BCUT2D eigenvalue weighted by Gasteiger charge is 2.14. The summed E-state index contributed by atoms with van der Waals surface area (Å²) in [5, 5.41) is 5.80. The molecule has 154 valence electrons. The van der Waals surface area contributed by atoms with Crippen LogP contribution in [-0.2, 0) is 0 Å². The molecule has 6 heteroatoms. The van der Waals surface area contributed by atoms with E-state index in [2.05, 4.69) is 34.4 Å². The van der Waals surface area contributed by atoms with E-state index in [9.17, 15) is 9.59 Å². The summed E-state index contributed by atoms with van der Waals surface area (Å²) < 4.78 is 0. The number of amides is 2. The molecular weight excluding hydrogens is 364 g/mol. The van der Waals surface area contributed by atoms with Gasteiger partial charge in [0.05, 0.1) is 0 Å². The number of carbonyl (C=O) groups is 2. The van der Waals surface area contributed by atoms with E-state index in [0.29, 0.717) is 17.7 Å². The molecule has 0 aliphatic carbocycles. The zero-order chi connectivity index (χ0) is 20.6. The third-order valence-corrected chi connectivity index (χ3v) is 5.22. The van der Waals surface area contributed by atoms with E-state index in [1.807, 2.05) is 24.3 Å². The van der Waals surface area contributed by atoms with Crippen molar-refractivity contribution in [2.24, 2.45) is 0 Å². The minimum atomic E-state index is -0.185. The normalized spacial score (nSPS) is 14.5. The fourth-order valence-electron chi connectivity index (χ4n) is 3.28. The molecule has 1 aliphatic heterocycles. The van der Waals surface area contributed by atoms with Crippen molar-refractivity contribution >= 4 is 23.2 Å². The van der Waals surface area contributed by atoms with E-state index in [1.54, 1.807) is 24.3 Å². The summed E-state index contributed by atoms with van der Waals surface area (Å²) >= 11 is 0. The Morgan fingerprint density at radius 2 is 1.45 bits per heavy atom. The quantitative estimate of drug-likeness (QED) is 0.708. The van der Waals surface area contributed by atoms with Crippen LogP contribution in [-0.4, -0.2) is 56.5 Å². The van der Waals surface area contributed by atoms with Gasteiger partial charge in [0.2, 0.25) is 0 Å². The summed E-state index contributed by atoms with van der Waals surface area (Å²) in [5.41, 5.74) is 3.02. The van der Waals surface area contributed by atoms with Gasteiger partial charge in [-0.05, 0) is 62.0 Å². The highest BCUT2D eigenvalue weighted by molar-refractivity contribution is 6.05. The number of likely N-dealkylation sites (N-methyl/N-ethyl adjacent to an activating group) is 1. The highest BCUT2D eigenvalue weighted by atomic mass is 16.2. The van der Waals surface area contributed by atoms with Crippen LogP contribution in [0.2, 0.25) is 0 Å². The summed E-state index contributed by atoms with van der Waals surface area (Å²) in [6.07, 6.45) is 2.00. The molecule has 0 atom stereocenters. The van der Waals surface area contributed by atoms with Crippen molar-refractivity contribution in [3.8, 4) is 0 Å². The Hall–Kier alpha value is -2.86. The van der Waals surface area contributed by atoms with Gasteiger partial charge in [-0.3, -0.25) is 9.59 Å². The van der Waals surface area contributed by atoms with E-state index >= 15 is 0 Å². The van der Waals surface area contributed by atoms with Crippen LogP contribution < -0.4 is 15.5 Å². The Labute approximate surface area is 172 Å². The standard InChI is InChI=1S/C23H30N4O2/c1-3-4-13-24-22(28)18-5-7-19(8-6-18)23(29)25-20-9-11-21(12-10-20)27-16-14-26(2)15-17-27/h5-12H,3-4,13-17H2,1-2H3,(H,24,28)(H,25,29). The first-order chi connectivity index (χ1) is 14.1. The van der Waals surface area contributed by atoms with Crippen molar-refractivity contribution in [1.29, 1.82) is 0 Å². The number of unbranched alkanes of at least 4 members (excludes halogenated alkanes) is 1. The minimum Gasteiger partial charge on any atom is -0.369 e. The van der Waals surface area contributed by atoms with Crippen LogP contribution in [0.5, 0.6) is 0 Å². The number of benzene rings is 2. The van der Waals surface area contributed by atoms with E-state index in [4.69, 9.17) is 0 Å². The van der Waals surface area contributed by atoms with Gasteiger partial charge in [0.15, 0.2) is 0 Å². The van der Waals surface area contributed by atoms with E-state index in [0.717, 1.165) is 44.7 Å². The third-order valence-electron chi connectivity index (χ3n) is 5.22. The number of carbonyl (C=O) groups excluding carboxylic acids is 2. The van der Waals surface area contributed by atoms with Crippen molar-refractivity contribution in [3.63, 3.8) is 0 Å². The van der Waals surface area contributed by atoms with Crippen molar-refractivity contribution in [2.45, 2.75) is 19.8 Å². The molecule has 2 aromatic carbocycles. The Balaban J connectivity index is 1.55. The Morgan fingerprint density at radius 1 is 0.862 bits per heavy atom. The van der Waals surface area contributed by atoms with E-state index in [1.165, 1.54) is 5.69 Å². The molecule has 1 fully saturated rings. The predicted molar refractivity (Wildman–Crippen MR) is 118 cm³/mol. The number of nitrogens with one attached hydrogen (secondary N) is 2. The van der Waals surface area contributed by atoms with E-state index < -0.39 is 0 Å². The maximum atomic E-state index is 12.5. The molecule has 0 radical (unpaired) electrons. The lowest BCUT2D eigenvalue weighted by atomic mass is 10.1. The molecule has 3 rings (SSSR count). The van der Waals surface area contributed by atoms with Crippen LogP contribution in [0.1, 0.15) is 40.5 Å². The second-order valence-electron chi connectivity index (χ2n) is 7.48. The van der Waals surface area contributed by atoms with Gasteiger partial charge < -0.3 is 20.4 Å². The zero-order valence-corrected chi connectivity index (χ0v) is 17.3. The number of piperazine rings is 1. The number of hydrogen-bond acceptors (Lipinski definition) is 4. The fourth-order valence-corrected chi connectivity index (χ4v) is 3.28. The molecule has 29 heavy (non-hydrogen) atoms. The summed E-state index contributed by atoms with van der Waals surface area (Å²) in [6, 6.07) is 14.7. The van der Waals surface area contributed by atoms with Gasteiger partial charge in [-0.15, -0.1) is 0 Å². The molecule has 1 aliphatic rings. The second-order valence-corrected chi connectivity index (χ2v) is 7.48. The van der Waals surface area contributed by atoms with Crippen LogP contribution in [0.15, 0.2) is 48.5 Å². The average Bonchev–Trinajstić information content (AvgIpc) is 2.75. The number of nitrogens with zero attached hydrogens (tertiary/aromatic N) is 2. The topological polar surface area (TPSA) is 64.7 Å². The van der Waals surface area contributed by atoms with E-state index in [-0.39, 0.29) is 11.8 Å². The summed E-state index contributed by atoms with van der Waals surface area (Å²) in [4.78, 5) is 29.2.